The molecule has 9 nitrogen and oxygen atoms in total. The third-order valence-electron chi connectivity index (χ3n) is 6.62. The molecule has 0 atom stereocenters. The topological polar surface area (TPSA) is 122 Å². The Morgan fingerprint density at radius 2 is 1.35 bits per heavy atom. The standard InChI is InChI=1S/C33H27Cl2N3O6S2/c1-23-7-16-30(17-8-23)46(42,43)38(26-12-14-28(15-13-26)44-27-5-3-2-4-6-27)22-33(39)36-25-10-18-29(19-11-25)45(40,41)37-32-20-9-24(34)21-31(32)35/h2-21,37H,22H2,1H3,(H,36,39). The molecular weight excluding hydrogens is 669 g/mol. The van der Waals surface area contributed by atoms with E-state index in [9.17, 15) is 21.6 Å². The molecule has 0 radical (unpaired) electrons. The van der Waals surface area contributed by atoms with Gasteiger partial charge in [0.05, 0.1) is 26.2 Å². The predicted octanol–water partition coefficient (Wildman–Crippen LogP) is 7.73. The minimum absolute atomic E-state index is 0.0124. The maximum Gasteiger partial charge on any atom is 0.264 e. The van der Waals surface area contributed by atoms with E-state index >= 15 is 0 Å². The average molecular weight is 697 g/mol. The minimum atomic E-state index is -4.17. The van der Waals surface area contributed by atoms with Gasteiger partial charge in [0.25, 0.3) is 20.0 Å². The third kappa shape index (κ3) is 7.99. The molecule has 0 spiro atoms. The number of hydrogen-bond acceptors (Lipinski definition) is 6. The second kappa shape index (κ2) is 13.8. The van der Waals surface area contributed by atoms with Gasteiger partial charge in [0, 0.05) is 10.7 Å². The monoisotopic (exact) mass is 695 g/mol. The van der Waals surface area contributed by atoms with Crippen molar-refractivity contribution < 1.29 is 26.4 Å². The van der Waals surface area contributed by atoms with Crippen LogP contribution in [0, 0.1) is 6.92 Å². The van der Waals surface area contributed by atoms with Gasteiger partial charge in [0.15, 0.2) is 0 Å². The van der Waals surface area contributed by atoms with Gasteiger partial charge >= 0.3 is 0 Å². The minimum Gasteiger partial charge on any atom is -0.457 e. The van der Waals surface area contributed by atoms with E-state index < -0.39 is 32.5 Å². The Morgan fingerprint density at radius 1 is 0.739 bits per heavy atom. The number of carbonyl (C=O) groups is 1. The van der Waals surface area contributed by atoms with Crippen LogP contribution in [0.5, 0.6) is 11.5 Å². The lowest BCUT2D eigenvalue weighted by atomic mass is 10.2. The molecule has 46 heavy (non-hydrogen) atoms. The highest BCUT2D eigenvalue weighted by molar-refractivity contribution is 7.93. The fourth-order valence-corrected chi connectivity index (χ4v) is 7.29. The Bertz CT molecular complexity index is 2060. The summed E-state index contributed by atoms with van der Waals surface area (Å²) in [7, 11) is -8.18. The zero-order valence-electron chi connectivity index (χ0n) is 24.2. The van der Waals surface area contributed by atoms with Crippen molar-refractivity contribution in [3.05, 3.63) is 137 Å². The first-order valence-corrected chi connectivity index (χ1v) is 17.4. The molecule has 1 amide bonds. The molecule has 0 aliphatic carbocycles. The summed E-state index contributed by atoms with van der Waals surface area (Å²) < 4.78 is 62.6. The lowest BCUT2D eigenvalue weighted by Crippen LogP contribution is -2.38. The number of para-hydroxylation sites is 1. The molecule has 5 aromatic rings. The van der Waals surface area contributed by atoms with Crippen LogP contribution in [0.2, 0.25) is 10.0 Å². The summed E-state index contributed by atoms with van der Waals surface area (Å²) in [5.74, 6) is 0.444. The Kier molecular flexibility index (Phi) is 9.88. The van der Waals surface area contributed by atoms with Gasteiger partial charge in [-0.15, -0.1) is 0 Å². The number of aryl methyl sites for hydroxylation is 1. The number of benzene rings is 5. The van der Waals surface area contributed by atoms with Crippen molar-refractivity contribution in [3.63, 3.8) is 0 Å². The van der Waals surface area contributed by atoms with E-state index in [1.165, 1.54) is 54.6 Å². The summed E-state index contributed by atoms with van der Waals surface area (Å²) in [6.07, 6.45) is 0. The highest BCUT2D eigenvalue weighted by Crippen LogP contribution is 2.30. The molecule has 0 saturated carbocycles. The van der Waals surface area contributed by atoms with Gasteiger partial charge in [-0.2, -0.15) is 0 Å². The summed E-state index contributed by atoms with van der Waals surface area (Å²) in [6.45, 7) is 1.28. The van der Waals surface area contributed by atoms with Gasteiger partial charge in [-0.3, -0.25) is 13.8 Å². The van der Waals surface area contributed by atoms with Crippen LogP contribution in [0.4, 0.5) is 17.1 Å². The molecule has 236 valence electrons. The smallest absolute Gasteiger partial charge is 0.264 e. The van der Waals surface area contributed by atoms with Crippen molar-refractivity contribution in [2.75, 3.05) is 20.9 Å². The van der Waals surface area contributed by atoms with E-state index in [4.69, 9.17) is 27.9 Å². The second-order valence-corrected chi connectivity index (χ2v) is 14.4. The van der Waals surface area contributed by atoms with Crippen LogP contribution < -0.4 is 19.1 Å². The number of amides is 1. The highest BCUT2D eigenvalue weighted by Gasteiger charge is 2.27. The number of rotatable bonds is 11. The van der Waals surface area contributed by atoms with E-state index in [0.29, 0.717) is 16.5 Å². The fourth-order valence-electron chi connectivity index (χ4n) is 4.28. The van der Waals surface area contributed by atoms with Crippen molar-refractivity contribution in [3.8, 4) is 11.5 Å². The Hall–Kier alpha value is -4.55. The first-order chi connectivity index (χ1) is 21.9. The van der Waals surface area contributed by atoms with Crippen LogP contribution in [0.25, 0.3) is 0 Å². The zero-order valence-corrected chi connectivity index (χ0v) is 27.4. The average Bonchev–Trinajstić information content (AvgIpc) is 3.03. The molecule has 5 rings (SSSR count). The van der Waals surface area contributed by atoms with Gasteiger partial charge in [-0.1, -0.05) is 59.1 Å². The van der Waals surface area contributed by atoms with Gasteiger partial charge in [-0.25, -0.2) is 16.8 Å². The number of hydrogen-bond donors (Lipinski definition) is 2. The number of nitrogens with one attached hydrogen (secondary N) is 2. The van der Waals surface area contributed by atoms with Crippen LogP contribution >= 0.6 is 23.2 Å². The fraction of sp³-hybridized carbons (Fsp3) is 0.0606. The predicted molar refractivity (Wildman–Crippen MR) is 181 cm³/mol. The van der Waals surface area contributed by atoms with Crippen LogP contribution in [0.1, 0.15) is 5.56 Å². The lowest BCUT2D eigenvalue weighted by Gasteiger charge is -2.24. The maximum atomic E-state index is 13.8. The van der Waals surface area contributed by atoms with Crippen molar-refractivity contribution in [2.24, 2.45) is 0 Å². The van der Waals surface area contributed by atoms with Crippen LogP contribution in [-0.4, -0.2) is 29.3 Å². The molecule has 0 fully saturated rings. The summed E-state index contributed by atoms with van der Waals surface area (Å²) >= 11 is 12.0. The van der Waals surface area contributed by atoms with E-state index in [1.54, 1.807) is 48.5 Å². The van der Waals surface area contributed by atoms with Gasteiger partial charge in [-0.05, 0) is 97.9 Å². The molecule has 0 heterocycles. The van der Waals surface area contributed by atoms with E-state index in [-0.39, 0.29) is 31.9 Å². The van der Waals surface area contributed by atoms with Crippen LogP contribution in [0.15, 0.2) is 131 Å². The second-order valence-electron chi connectivity index (χ2n) is 10.0. The summed E-state index contributed by atoms with van der Waals surface area (Å²) in [4.78, 5) is 13.2. The normalized spacial score (nSPS) is 11.5. The summed E-state index contributed by atoms with van der Waals surface area (Å²) in [6, 6.07) is 31.5. The number of sulfonamides is 2. The van der Waals surface area contributed by atoms with Crippen molar-refractivity contribution in [1.82, 2.24) is 0 Å². The Labute approximate surface area is 277 Å². The quantitative estimate of drug-likeness (QED) is 0.146. The van der Waals surface area contributed by atoms with Crippen molar-refractivity contribution in [1.29, 1.82) is 0 Å². The zero-order chi connectivity index (χ0) is 32.9. The summed E-state index contributed by atoms with van der Waals surface area (Å²) in [5.41, 5.74) is 1.53. The number of carbonyl (C=O) groups excluding carboxylic acids is 1. The molecule has 0 aromatic heterocycles. The molecule has 0 aliphatic heterocycles. The van der Waals surface area contributed by atoms with Crippen LogP contribution in [-0.2, 0) is 24.8 Å². The van der Waals surface area contributed by atoms with Gasteiger partial charge < -0.3 is 10.1 Å². The molecular formula is C33H27Cl2N3O6S2. The van der Waals surface area contributed by atoms with Crippen molar-refractivity contribution >= 4 is 66.2 Å². The molecule has 0 saturated heterocycles. The third-order valence-corrected chi connectivity index (χ3v) is 10.3. The lowest BCUT2D eigenvalue weighted by molar-refractivity contribution is -0.114. The summed E-state index contributed by atoms with van der Waals surface area (Å²) in [5, 5.41) is 3.12. The molecule has 0 aliphatic rings. The highest BCUT2D eigenvalue weighted by atomic mass is 35.5. The first kappa shape index (κ1) is 32.8. The SMILES string of the molecule is Cc1ccc(S(=O)(=O)N(CC(=O)Nc2ccc(S(=O)(=O)Nc3ccc(Cl)cc3Cl)cc2)c2ccc(Oc3ccccc3)cc2)cc1. The number of nitrogens with zero attached hydrogens (tertiary/aromatic N) is 1. The molecule has 13 heteroatoms. The molecule has 0 unspecified atom stereocenters. The Balaban J connectivity index is 1.34. The van der Waals surface area contributed by atoms with E-state index in [2.05, 4.69) is 10.0 Å². The van der Waals surface area contributed by atoms with Gasteiger partial charge in [0.1, 0.15) is 18.0 Å². The number of halogens is 2. The molecule has 2 N–H and O–H groups in total. The molecule has 0 bridgehead atoms. The largest absolute Gasteiger partial charge is 0.457 e. The van der Waals surface area contributed by atoms with Crippen molar-refractivity contribution in [2.45, 2.75) is 16.7 Å². The van der Waals surface area contributed by atoms with Gasteiger partial charge in [0.2, 0.25) is 5.91 Å². The number of ether oxygens (including phenoxy) is 1. The first-order valence-electron chi connectivity index (χ1n) is 13.7. The van der Waals surface area contributed by atoms with E-state index in [0.717, 1.165) is 9.87 Å². The van der Waals surface area contributed by atoms with E-state index in [1.807, 2.05) is 25.1 Å². The molecule has 5 aromatic carbocycles. The maximum absolute atomic E-state index is 13.8. The van der Waals surface area contributed by atoms with Crippen LogP contribution in [0.3, 0.4) is 0 Å². The Morgan fingerprint density at radius 3 is 1.98 bits per heavy atom. The number of anilines is 3.